The predicted molar refractivity (Wildman–Crippen MR) is 272 cm³/mol. The van der Waals surface area contributed by atoms with E-state index in [0.29, 0.717) is 23.7 Å². The first-order valence-electron chi connectivity index (χ1n) is 25.4. The average molecular weight is 846 g/mol. The maximum Gasteiger partial charge on any atom is 0.0468 e. The van der Waals surface area contributed by atoms with Gasteiger partial charge in [0.25, 0.3) is 0 Å². The zero-order valence-electron chi connectivity index (χ0n) is 38.8. The van der Waals surface area contributed by atoms with Crippen LogP contribution >= 0.6 is 0 Å². The van der Waals surface area contributed by atoms with Gasteiger partial charge < -0.3 is 4.90 Å². The molecule has 0 amide bonds. The maximum atomic E-state index is 2.58. The van der Waals surface area contributed by atoms with Crippen LogP contribution in [0.4, 0.5) is 17.1 Å². The summed E-state index contributed by atoms with van der Waals surface area (Å²) in [5.74, 6) is 6.03. The summed E-state index contributed by atoms with van der Waals surface area (Å²) in [4.78, 5) is 2.50. The number of hydrogen-bond donors (Lipinski definition) is 0. The number of benzene rings is 7. The first-order chi connectivity index (χ1) is 31.8. The molecule has 1 heteroatoms. The minimum atomic E-state index is 0.0851. The second-order valence-corrected chi connectivity index (χ2v) is 22.1. The number of anilines is 3. The first kappa shape index (κ1) is 39.7. The van der Waals surface area contributed by atoms with Crippen LogP contribution in [0.3, 0.4) is 0 Å². The van der Waals surface area contributed by atoms with Crippen LogP contribution in [-0.4, -0.2) is 0 Å². The average Bonchev–Trinajstić information content (AvgIpc) is 3.79. The number of fused-ring (bicyclic) bond motifs is 16. The van der Waals surface area contributed by atoms with E-state index in [2.05, 4.69) is 196 Å². The normalized spacial score (nSPS) is 30.1. The van der Waals surface area contributed by atoms with Crippen molar-refractivity contribution in [3.05, 3.63) is 186 Å². The lowest BCUT2D eigenvalue weighted by atomic mass is 9.49. The van der Waals surface area contributed by atoms with Crippen LogP contribution in [0.25, 0.3) is 44.5 Å². The topological polar surface area (TPSA) is 3.24 Å². The zero-order chi connectivity index (χ0) is 43.6. The molecule has 10 atom stereocenters. The lowest BCUT2D eigenvalue weighted by Gasteiger charge is -2.54. The van der Waals surface area contributed by atoms with E-state index >= 15 is 0 Å². The van der Waals surface area contributed by atoms with E-state index in [-0.39, 0.29) is 10.8 Å². The molecular formula is C64H63N. The molecule has 0 heterocycles. The Morgan fingerprint density at radius 2 is 0.754 bits per heavy atom. The van der Waals surface area contributed by atoms with Gasteiger partial charge in [0.2, 0.25) is 0 Å². The van der Waals surface area contributed by atoms with E-state index in [1.54, 1.807) is 22.3 Å². The monoisotopic (exact) mass is 845 g/mol. The highest BCUT2D eigenvalue weighted by molar-refractivity contribution is 5.89. The van der Waals surface area contributed by atoms with Crippen molar-refractivity contribution in [1.82, 2.24) is 0 Å². The Kier molecular flexibility index (Phi) is 9.12. The van der Waals surface area contributed by atoms with Crippen molar-refractivity contribution in [2.24, 2.45) is 47.3 Å². The van der Waals surface area contributed by atoms with Gasteiger partial charge in [-0.2, -0.15) is 0 Å². The Morgan fingerprint density at radius 1 is 0.338 bits per heavy atom. The fourth-order valence-electron chi connectivity index (χ4n) is 16.4. The molecule has 0 saturated heterocycles. The Morgan fingerprint density at radius 3 is 1.31 bits per heavy atom. The van der Waals surface area contributed by atoms with Gasteiger partial charge in [0.1, 0.15) is 0 Å². The predicted octanol–water partition coefficient (Wildman–Crippen LogP) is 17.2. The van der Waals surface area contributed by atoms with Gasteiger partial charge in [-0.25, -0.2) is 0 Å². The number of rotatable bonds is 5. The van der Waals surface area contributed by atoms with Crippen molar-refractivity contribution in [1.29, 1.82) is 0 Å². The van der Waals surface area contributed by atoms with Crippen molar-refractivity contribution in [2.45, 2.75) is 89.9 Å². The smallest absolute Gasteiger partial charge is 0.0468 e. The molecule has 4 saturated carbocycles. The second-order valence-electron chi connectivity index (χ2n) is 22.1. The summed E-state index contributed by atoms with van der Waals surface area (Å²) >= 11 is 0. The highest BCUT2D eigenvalue weighted by Crippen LogP contribution is 2.66. The SMILES string of the molecule is C[C@@H]1CC2C[C@H](C1)[C@@]1(c3ccccc3-c3cc(N(c4ccc(-c5ccccc5)cc4)c4ccc(-c5ccc6c(c5)-c5ccccc5[C@]65[C@@H]6CC(C[C@@H](C)C6)C[C@@H]5C)cc4)ccc31)[C@@H](C)C2. The Hall–Kier alpha value is -5.66. The summed E-state index contributed by atoms with van der Waals surface area (Å²) in [6.45, 7) is 10.2. The molecule has 2 unspecified atom stereocenters. The second kappa shape index (κ2) is 14.9. The molecule has 4 bridgehead atoms. The molecule has 65 heavy (non-hydrogen) atoms. The van der Waals surface area contributed by atoms with Gasteiger partial charge in [0.05, 0.1) is 0 Å². The van der Waals surface area contributed by atoms with Crippen LogP contribution in [0, 0.1) is 47.3 Å². The lowest BCUT2D eigenvalue weighted by molar-refractivity contribution is 0.0425. The molecule has 6 aliphatic carbocycles. The first-order valence-corrected chi connectivity index (χ1v) is 25.4. The van der Waals surface area contributed by atoms with E-state index < -0.39 is 0 Å². The van der Waals surface area contributed by atoms with Crippen LogP contribution < -0.4 is 4.90 Å². The molecule has 0 aliphatic heterocycles. The van der Waals surface area contributed by atoms with Crippen LogP contribution in [0.1, 0.15) is 101 Å². The molecule has 7 aromatic carbocycles. The third-order valence-electron chi connectivity index (χ3n) is 18.5. The van der Waals surface area contributed by atoms with E-state index in [1.807, 2.05) is 0 Å². The van der Waals surface area contributed by atoms with E-state index in [1.165, 1.54) is 113 Å². The quantitative estimate of drug-likeness (QED) is 0.167. The molecule has 0 radical (unpaired) electrons. The third kappa shape index (κ3) is 5.82. The van der Waals surface area contributed by atoms with Crippen molar-refractivity contribution >= 4 is 17.1 Å². The third-order valence-corrected chi connectivity index (χ3v) is 18.5. The molecule has 0 aromatic heterocycles. The summed E-state index contributed by atoms with van der Waals surface area (Å²) in [5, 5.41) is 0. The zero-order valence-corrected chi connectivity index (χ0v) is 38.8. The Bertz CT molecular complexity index is 2930. The number of nitrogens with zero attached hydrogens (tertiary/aromatic N) is 1. The fourth-order valence-corrected chi connectivity index (χ4v) is 16.4. The summed E-state index contributed by atoms with van der Waals surface area (Å²) in [5.41, 5.74) is 21.0. The van der Waals surface area contributed by atoms with E-state index in [0.717, 1.165) is 23.7 Å². The highest BCUT2D eigenvalue weighted by Gasteiger charge is 2.58. The van der Waals surface area contributed by atoms with Crippen LogP contribution in [0.2, 0.25) is 0 Å². The molecule has 1 nitrogen and oxygen atoms in total. The highest BCUT2D eigenvalue weighted by atomic mass is 15.1. The molecule has 6 aliphatic rings. The van der Waals surface area contributed by atoms with Gasteiger partial charge in [-0.3, -0.25) is 0 Å². The Labute approximate surface area is 388 Å². The van der Waals surface area contributed by atoms with Gasteiger partial charge in [0.15, 0.2) is 0 Å². The molecule has 2 spiro atoms. The van der Waals surface area contributed by atoms with Crippen molar-refractivity contribution in [2.75, 3.05) is 4.90 Å². The summed E-state index contributed by atoms with van der Waals surface area (Å²) in [6, 6.07) is 63.5. The molecule has 7 aromatic rings. The number of hydrogen-bond acceptors (Lipinski definition) is 1. The maximum absolute atomic E-state index is 2.58. The van der Waals surface area contributed by atoms with Gasteiger partial charge in [-0.05, 0) is 208 Å². The van der Waals surface area contributed by atoms with E-state index in [9.17, 15) is 0 Å². The molecule has 0 N–H and O–H groups in total. The van der Waals surface area contributed by atoms with Crippen molar-refractivity contribution in [3.8, 4) is 44.5 Å². The minimum absolute atomic E-state index is 0.0851. The van der Waals surface area contributed by atoms with Crippen LogP contribution in [0.15, 0.2) is 164 Å². The standard InChI is InChI=1S/C64H63N/c1-40-30-44-34-42(3)63(50(32-40)36-44)59-16-10-8-14-55(59)57-38-49(22-28-61(57)63)48-20-25-53(26-21-48)65(52-23-18-47(19-24-52)46-12-6-5-7-13-46)54-27-29-62-58(39-54)56-15-9-11-17-60(56)64(62)43(4)35-45-31-41(2)33-51(64)37-45/h5-29,38-45,50-51H,30-37H2,1-4H3/t40-,41-,42+,43+,44?,45?,50+,51+,63+,64-/m1/s1. The van der Waals surface area contributed by atoms with Crippen LogP contribution in [0.5, 0.6) is 0 Å². The Balaban J connectivity index is 0.908. The summed E-state index contributed by atoms with van der Waals surface area (Å²) in [6.07, 6.45) is 10.9. The molecule has 4 fully saturated rings. The summed E-state index contributed by atoms with van der Waals surface area (Å²) in [7, 11) is 0. The van der Waals surface area contributed by atoms with Crippen molar-refractivity contribution < 1.29 is 0 Å². The molecular weight excluding hydrogens is 783 g/mol. The molecule has 324 valence electrons. The van der Waals surface area contributed by atoms with Gasteiger partial charge in [-0.1, -0.05) is 149 Å². The lowest BCUT2D eigenvalue weighted by Crippen LogP contribution is -2.49. The molecule has 13 rings (SSSR count). The van der Waals surface area contributed by atoms with Gasteiger partial charge in [0, 0.05) is 27.9 Å². The van der Waals surface area contributed by atoms with E-state index in [4.69, 9.17) is 0 Å². The van der Waals surface area contributed by atoms with Gasteiger partial charge >= 0.3 is 0 Å². The minimum Gasteiger partial charge on any atom is -0.310 e. The fraction of sp³-hybridized carbons (Fsp3) is 0.344. The largest absolute Gasteiger partial charge is 0.310 e. The van der Waals surface area contributed by atoms with Gasteiger partial charge in [-0.15, -0.1) is 0 Å². The van der Waals surface area contributed by atoms with Crippen LogP contribution in [-0.2, 0) is 10.8 Å². The summed E-state index contributed by atoms with van der Waals surface area (Å²) < 4.78 is 0. The van der Waals surface area contributed by atoms with Crippen molar-refractivity contribution in [3.63, 3.8) is 0 Å².